The zero-order valence-electron chi connectivity index (χ0n) is 21.5. The molecule has 1 aliphatic carbocycles. The number of amides is 4. The average Bonchev–Trinajstić information content (AvgIpc) is 3.37. The van der Waals surface area contributed by atoms with Gasteiger partial charge in [-0.1, -0.05) is 77.8 Å². The SMILES string of the molecule is O=C1[C@@H]2c3ccc(Cl)cc3[C@H]3C(=O)N(c4ccccc4)C(=O)[C@]3(Cc3ccc(Cl)cc3)[C@@H]2C(=O)N1c1ccccc1. The van der Waals surface area contributed by atoms with Gasteiger partial charge in [0.05, 0.1) is 34.5 Å². The van der Waals surface area contributed by atoms with Crippen LogP contribution in [0.3, 0.4) is 0 Å². The molecule has 2 fully saturated rings. The summed E-state index contributed by atoms with van der Waals surface area (Å²) in [6, 6.07) is 29.4. The molecule has 2 saturated heterocycles. The summed E-state index contributed by atoms with van der Waals surface area (Å²) in [4.78, 5) is 60.3. The molecule has 0 aromatic heterocycles. The maximum absolute atomic E-state index is 14.8. The average molecular weight is 581 g/mol. The minimum absolute atomic E-state index is 0.0531. The Balaban J connectivity index is 1.52. The fourth-order valence-electron chi connectivity index (χ4n) is 6.97. The molecule has 0 saturated carbocycles. The lowest BCUT2D eigenvalue weighted by atomic mass is 9.54. The van der Waals surface area contributed by atoms with Gasteiger partial charge >= 0.3 is 0 Å². The lowest BCUT2D eigenvalue weighted by molar-refractivity contribution is -0.138. The number of hydrogen-bond acceptors (Lipinski definition) is 4. The van der Waals surface area contributed by atoms with Gasteiger partial charge in [0.15, 0.2) is 0 Å². The summed E-state index contributed by atoms with van der Waals surface area (Å²) < 4.78 is 0. The second kappa shape index (κ2) is 9.40. The van der Waals surface area contributed by atoms with Gasteiger partial charge in [-0.2, -0.15) is 0 Å². The summed E-state index contributed by atoms with van der Waals surface area (Å²) in [5.41, 5.74) is 1.01. The number of imide groups is 2. The quantitative estimate of drug-likeness (QED) is 0.271. The molecule has 4 atom stereocenters. The first kappa shape index (κ1) is 25.7. The third kappa shape index (κ3) is 3.64. The van der Waals surface area contributed by atoms with Gasteiger partial charge in [-0.05, 0) is 71.6 Å². The molecular weight excluding hydrogens is 559 g/mol. The van der Waals surface area contributed by atoms with Gasteiger partial charge in [-0.3, -0.25) is 19.2 Å². The normalized spacial score (nSPS) is 24.9. The van der Waals surface area contributed by atoms with E-state index in [4.69, 9.17) is 23.2 Å². The number of anilines is 2. The summed E-state index contributed by atoms with van der Waals surface area (Å²) in [6.07, 6.45) is 0.0531. The van der Waals surface area contributed by atoms with Crippen molar-refractivity contribution in [1.82, 2.24) is 0 Å². The van der Waals surface area contributed by atoms with Crippen molar-refractivity contribution in [2.24, 2.45) is 11.3 Å². The van der Waals surface area contributed by atoms with Crippen LogP contribution in [0.25, 0.3) is 0 Å². The number of fused-ring (bicyclic) bond motifs is 6. The lowest BCUT2D eigenvalue weighted by Crippen LogP contribution is -2.51. The Hall–Kier alpha value is -4.26. The van der Waals surface area contributed by atoms with E-state index in [0.717, 1.165) is 5.56 Å². The van der Waals surface area contributed by atoms with Crippen molar-refractivity contribution in [2.45, 2.75) is 18.3 Å². The van der Waals surface area contributed by atoms with E-state index in [1.807, 2.05) is 0 Å². The van der Waals surface area contributed by atoms with Gasteiger partial charge in [0.1, 0.15) is 0 Å². The van der Waals surface area contributed by atoms with E-state index in [9.17, 15) is 19.2 Å². The first-order valence-electron chi connectivity index (χ1n) is 13.2. The van der Waals surface area contributed by atoms with Gasteiger partial charge in [0.25, 0.3) is 0 Å². The van der Waals surface area contributed by atoms with Crippen molar-refractivity contribution in [2.75, 3.05) is 9.80 Å². The van der Waals surface area contributed by atoms with Crippen LogP contribution in [0.4, 0.5) is 11.4 Å². The van der Waals surface area contributed by atoms with Gasteiger partial charge in [-0.25, -0.2) is 9.80 Å². The maximum Gasteiger partial charge on any atom is 0.242 e. The Morgan fingerprint density at radius 3 is 1.83 bits per heavy atom. The molecule has 2 heterocycles. The summed E-state index contributed by atoms with van der Waals surface area (Å²) >= 11 is 12.6. The Kier molecular flexibility index (Phi) is 5.89. The third-order valence-electron chi connectivity index (χ3n) is 8.58. The van der Waals surface area contributed by atoms with Crippen LogP contribution in [-0.2, 0) is 25.6 Å². The van der Waals surface area contributed by atoms with Crippen LogP contribution in [0.5, 0.6) is 0 Å². The van der Waals surface area contributed by atoms with E-state index >= 15 is 0 Å². The second-order valence-corrected chi connectivity index (χ2v) is 11.5. The number of hydrogen-bond donors (Lipinski definition) is 0. The molecule has 0 spiro atoms. The van der Waals surface area contributed by atoms with Crippen molar-refractivity contribution >= 4 is 58.2 Å². The molecular formula is C33H22Cl2N2O4. The third-order valence-corrected chi connectivity index (χ3v) is 9.07. The number of benzene rings is 4. The molecule has 41 heavy (non-hydrogen) atoms. The highest BCUT2D eigenvalue weighted by molar-refractivity contribution is 6.33. The molecule has 4 aromatic rings. The standard InChI is InChI=1S/C33H22Cl2N2O4/c34-20-13-11-19(12-14-20)18-33-27(30(39)37(32(33)41)23-9-5-2-6-10-23)25-17-21(35)15-16-24(25)26-28(33)31(40)36(29(26)38)22-7-3-1-4-8-22/h1-17,26-28H,18H2/t26-,27+,28+,33+/m1/s1. The molecule has 3 aliphatic rings. The molecule has 8 heteroatoms. The maximum atomic E-state index is 14.8. The summed E-state index contributed by atoms with van der Waals surface area (Å²) in [7, 11) is 0. The first-order valence-corrected chi connectivity index (χ1v) is 14.0. The van der Waals surface area contributed by atoms with Crippen LogP contribution >= 0.6 is 23.2 Å². The molecule has 4 aromatic carbocycles. The second-order valence-electron chi connectivity index (χ2n) is 10.7. The summed E-state index contributed by atoms with van der Waals surface area (Å²) in [5.74, 6) is -5.00. The zero-order valence-corrected chi connectivity index (χ0v) is 23.0. The Labute approximate surface area is 246 Å². The fraction of sp³-hybridized carbons (Fsp3) is 0.152. The van der Waals surface area contributed by atoms with Crippen molar-refractivity contribution in [3.05, 3.63) is 130 Å². The number of para-hydroxylation sites is 2. The van der Waals surface area contributed by atoms with E-state index < -0.39 is 46.8 Å². The molecule has 7 rings (SSSR count). The molecule has 0 bridgehead atoms. The van der Waals surface area contributed by atoms with Crippen molar-refractivity contribution in [1.29, 1.82) is 0 Å². The fourth-order valence-corrected chi connectivity index (χ4v) is 7.27. The highest BCUT2D eigenvalue weighted by atomic mass is 35.5. The van der Waals surface area contributed by atoms with Gasteiger partial charge in [-0.15, -0.1) is 0 Å². The molecule has 2 aliphatic heterocycles. The van der Waals surface area contributed by atoms with Crippen LogP contribution in [0.15, 0.2) is 103 Å². The number of carbonyl (C=O) groups is 4. The predicted octanol–water partition coefficient (Wildman–Crippen LogP) is 6.17. The molecule has 0 radical (unpaired) electrons. The minimum Gasteiger partial charge on any atom is -0.274 e. The van der Waals surface area contributed by atoms with E-state index in [2.05, 4.69) is 0 Å². The number of rotatable bonds is 4. The van der Waals surface area contributed by atoms with Crippen LogP contribution in [0.1, 0.15) is 28.5 Å². The van der Waals surface area contributed by atoms with E-state index in [0.29, 0.717) is 32.5 Å². The van der Waals surface area contributed by atoms with E-state index in [1.165, 1.54) is 9.80 Å². The first-order chi connectivity index (χ1) is 19.8. The van der Waals surface area contributed by atoms with Crippen molar-refractivity contribution in [3.8, 4) is 0 Å². The number of halogens is 2. The van der Waals surface area contributed by atoms with Crippen LogP contribution in [0, 0.1) is 11.3 Å². The largest absolute Gasteiger partial charge is 0.274 e. The van der Waals surface area contributed by atoms with E-state index in [1.54, 1.807) is 103 Å². The Morgan fingerprint density at radius 1 is 0.610 bits per heavy atom. The van der Waals surface area contributed by atoms with Gasteiger partial charge < -0.3 is 0 Å². The Bertz CT molecular complexity index is 1740. The summed E-state index contributed by atoms with van der Waals surface area (Å²) in [6.45, 7) is 0. The van der Waals surface area contributed by atoms with E-state index in [-0.39, 0.29) is 6.42 Å². The lowest BCUT2D eigenvalue weighted by Gasteiger charge is -2.43. The molecule has 6 nitrogen and oxygen atoms in total. The molecule has 4 amide bonds. The van der Waals surface area contributed by atoms with Crippen LogP contribution in [-0.4, -0.2) is 23.6 Å². The van der Waals surface area contributed by atoms with Crippen LogP contribution in [0.2, 0.25) is 10.0 Å². The Morgan fingerprint density at radius 2 is 1.20 bits per heavy atom. The smallest absolute Gasteiger partial charge is 0.242 e. The topological polar surface area (TPSA) is 74.8 Å². The highest BCUT2D eigenvalue weighted by Crippen LogP contribution is 2.63. The van der Waals surface area contributed by atoms with Crippen molar-refractivity contribution < 1.29 is 19.2 Å². The summed E-state index contributed by atoms with van der Waals surface area (Å²) in [5, 5.41) is 0.890. The van der Waals surface area contributed by atoms with Crippen LogP contribution < -0.4 is 9.80 Å². The van der Waals surface area contributed by atoms with Gasteiger partial charge in [0, 0.05) is 10.0 Å². The molecule has 202 valence electrons. The monoisotopic (exact) mass is 580 g/mol. The molecule has 0 N–H and O–H groups in total. The number of carbonyl (C=O) groups excluding carboxylic acids is 4. The highest BCUT2D eigenvalue weighted by Gasteiger charge is 2.73. The molecule has 0 unspecified atom stereocenters. The minimum atomic E-state index is -1.58. The van der Waals surface area contributed by atoms with Crippen molar-refractivity contribution in [3.63, 3.8) is 0 Å². The predicted molar refractivity (Wildman–Crippen MR) is 156 cm³/mol. The zero-order chi connectivity index (χ0) is 28.5. The van der Waals surface area contributed by atoms with Gasteiger partial charge in [0.2, 0.25) is 23.6 Å². The number of nitrogens with zero attached hydrogens (tertiary/aromatic N) is 2.